The van der Waals surface area contributed by atoms with Crippen molar-refractivity contribution in [2.24, 2.45) is 5.41 Å². The predicted molar refractivity (Wildman–Crippen MR) is 73.8 cm³/mol. The van der Waals surface area contributed by atoms with Crippen LogP contribution in [0.25, 0.3) is 0 Å². The highest BCUT2D eigenvalue weighted by Crippen LogP contribution is 2.31. The molecule has 0 radical (unpaired) electrons. The van der Waals surface area contributed by atoms with Crippen molar-refractivity contribution < 1.29 is 14.0 Å². The van der Waals surface area contributed by atoms with Crippen molar-refractivity contribution in [2.45, 2.75) is 20.3 Å². The summed E-state index contributed by atoms with van der Waals surface area (Å²) in [6, 6.07) is 4.56. The molecule has 1 fully saturated rings. The van der Waals surface area contributed by atoms with Crippen molar-refractivity contribution >= 4 is 11.8 Å². The smallest absolute Gasteiger partial charge is 0.256 e. The number of amides is 2. The first-order valence-electron chi connectivity index (χ1n) is 6.65. The molecule has 1 N–H and O–H groups in total. The molecule has 1 aromatic carbocycles. The zero-order valence-corrected chi connectivity index (χ0v) is 12.0. The van der Waals surface area contributed by atoms with E-state index in [-0.39, 0.29) is 17.4 Å². The van der Waals surface area contributed by atoms with Gasteiger partial charge >= 0.3 is 0 Å². The topological polar surface area (TPSA) is 49.4 Å². The van der Waals surface area contributed by atoms with Gasteiger partial charge in [-0.15, -0.1) is 0 Å². The van der Waals surface area contributed by atoms with E-state index in [1.54, 1.807) is 24.9 Å². The van der Waals surface area contributed by atoms with Gasteiger partial charge in [0.25, 0.3) is 5.91 Å². The third kappa shape index (κ3) is 2.53. The van der Waals surface area contributed by atoms with Crippen LogP contribution in [0.3, 0.4) is 0 Å². The van der Waals surface area contributed by atoms with Gasteiger partial charge in [-0.3, -0.25) is 9.59 Å². The van der Waals surface area contributed by atoms with Crippen LogP contribution in [0.4, 0.5) is 4.39 Å². The minimum absolute atomic E-state index is 0.0664. The van der Waals surface area contributed by atoms with Crippen molar-refractivity contribution in [3.63, 3.8) is 0 Å². The van der Waals surface area contributed by atoms with E-state index in [4.69, 9.17) is 0 Å². The van der Waals surface area contributed by atoms with Crippen LogP contribution in [0.15, 0.2) is 18.2 Å². The Kier molecular flexibility index (Phi) is 3.79. The molecule has 4 nitrogen and oxygen atoms in total. The van der Waals surface area contributed by atoms with Crippen molar-refractivity contribution in [3.8, 4) is 0 Å². The van der Waals surface area contributed by atoms with E-state index in [1.807, 2.05) is 6.92 Å². The second kappa shape index (κ2) is 5.23. The fourth-order valence-electron chi connectivity index (χ4n) is 2.59. The molecule has 1 aromatic rings. The maximum absolute atomic E-state index is 13.8. The van der Waals surface area contributed by atoms with Crippen LogP contribution in [0.1, 0.15) is 29.3 Å². The molecule has 2 rings (SSSR count). The molecular formula is C15H19FN2O2. The average Bonchev–Trinajstić information content (AvgIpc) is 2.81. The van der Waals surface area contributed by atoms with E-state index in [1.165, 1.54) is 12.1 Å². The van der Waals surface area contributed by atoms with Crippen molar-refractivity contribution in [1.29, 1.82) is 0 Å². The van der Waals surface area contributed by atoms with Crippen LogP contribution in [0.5, 0.6) is 0 Å². The first kappa shape index (κ1) is 14.5. The van der Waals surface area contributed by atoms with Crippen LogP contribution in [-0.4, -0.2) is 36.9 Å². The van der Waals surface area contributed by atoms with Gasteiger partial charge in [0, 0.05) is 20.1 Å². The first-order valence-corrected chi connectivity index (χ1v) is 6.65. The summed E-state index contributed by atoms with van der Waals surface area (Å²) in [7, 11) is 1.58. The summed E-state index contributed by atoms with van der Waals surface area (Å²) in [4.78, 5) is 25.7. The summed E-state index contributed by atoms with van der Waals surface area (Å²) < 4.78 is 13.8. The highest BCUT2D eigenvalue weighted by Gasteiger charge is 2.41. The van der Waals surface area contributed by atoms with Crippen LogP contribution in [0.2, 0.25) is 0 Å². The molecule has 2 amide bonds. The van der Waals surface area contributed by atoms with Gasteiger partial charge < -0.3 is 10.2 Å². The van der Waals surface area contributed by atoms with Gasteiger partial charge in [0.1, 0.15) is 5.82 Å². The lowest BCUT2D eigenvalue weighted by atomic mass is 9.89. The minimum atomic E-state index is -0.592. The summed E-state index contributed by atoms with van der Waals surface area (Å²) in [6.45, 7) is 4.38. The second-order valence-corrected chi connectivity index (χ2v) is 5.60. The minimum Gasteiger partial charge on any atom is -0.359 e. The number of aryl methyl sites for hydroxylation is 1. The Bertz CT molecular complexity index is 559. The Morgan fingerprint density at radius 1 is 1.40 bits per heavy atom. The van der Waals surface area contributed by atoms with Crippen molar-refractivity contribution in [3.05, 3.63) is 35.1 Å². The number of likely N-dealkylation sites (tertiary alicyclic amines) is 1. The quantitative estimate of drug-likeness (QED) is 0.895. The van der Waals surface area contributed by atoms with E-state index in [2.05, 4.69) is 5.32 Å². The number of nitrogens with zero attached hydrogens (tertiary/aromatic N) is 1. The van der Waals surface area contributed by atoms with Crippen molar-refractivity contribution in [1.82, 2.24) is 10.2 Å². The molecule has 0 spiro atoms. The molecule has 1 saturated heterocycles. The number of benzene rings is 1. The van der Waals surface area contributed by atoms with E-state index >= 15 is 0 Å². The molecule has 0 aliphatic carbocycles. The molecule has 1 heterocycles. The number of carbonyl (C=O) groups is 2. The predicted octanol–water partition coefficient (Wildman–Crippen LogP) is 1.73. The monoisotopic (exact) mass is 278 g/mol. The molecule has 20 heavy (non-hydrogen) atoms. The molecule has 1 aliphatic rings. The Hall–Kier alpha value is -1.91. The summed E-state index contributed by atoms with van der Waals surface area (Å²) in [5.41, 5.74) is 0.249. The molecule has 1 atom stereocenters. The Morgan fingerprint density at radius 3 is 2.70 bits per heavy atom. The third-order valence-corrected chi connectivity index (χ3v) is 3.89. The normalized spacial score (nSPS) is 21.9. The Balaban J connectivity index is 2.18. The van der Waals surface area contributed by atoms with Crippen molar-refractivity contribution in [2.75, 3.05) is 20.1 Å². The van der Waals surface area contributed by atoms with Gasteiger partial charge in [0.05, 0.1) is 11.0 Å². The highest BCUT2D eigenvalue weighted by molar-refractivity contribution is 5.95. The molecule has 0 aromatic heterocycles. The van der Waals surface area contributed by atoms with Gasteiger partial charge in [-0.05, 0) is 38.0 Å². The maximum atomic E-state index is 13.8. The summed E-state index contributed by atoms with van der Waals surface area (Å²) in [5.74, 6) is -0.948. The lowest BCUT2D eigenvalue weighted by molar-refractivity contribution is -0.128. The third-order valence-electron chi connectivity index (χ3n) is 3.89. The van der Waals surface area contributed by atoms with E-state index in [0.29, 0.717) is 19.5 Å². The summed E-state index contributed by atoms with van der Waals surface area (Å²) in [6.07, 6.45) is 0.589. The molecule has 0 bridgehead atoms. The number of nitrogens with one attached hydrogen (secondary N) is 1. The maximum Gasteiger partial charge on any atom is 0.256 e. The molecule has 0 saturated carbocycles. The van der Waals surface area contributed by atoms with Gasteiger partial charge in [-0.2, -0.15) is 0 Å². The zero-order chi connectivity index (χ0) is 14.9. The first-order chi connectivity index (χ1) is 9.37. The molecule has 108 valence electrons. The average molecular weight is 278 g/mol. The number of hydrogen-bond acceptors (Lipinski definition) is 2. The van der Waals surface area contributed by atoms with Gasteiger partial charge in [0.2, 0.25) is 5.91 Å². The number of carbonyl (C=O) groups excluding carboxylic acids is 2. The highest BCUT2D eigenvalue weighted by atomic mass is 19.1. The van der Waals surface area contributed by atoms with Gasteiger partial charge in [0.15, 0.2) is 0 Å². The largest absolute Gasteiger partial charge is 0.359 e. The number of rotatable bonds is 2. The molecule has 1 unspecified atom stereocenters. The fraction of sp³-hybridized carbons (Fsp3) is 0.467. The number of hydrogen-bond donors (Lipinski definition) is 1. The van der Waals surface area contributed by atoms with Gasteiger partial charge in [-0.25, -0.2) is 4.39 Å². The van der Waals surface area contributed by atoms with Crippen LogP contribution in [0, 0.1) is 18.2 Å². The van der Waals surface area contributed by atoms with Crippen LogP contribution < -0.4 is 5.32 Å². The van der Waals surface area contributed by atoms with Crippen LogP contribution >= 0.6 is 0 Å². The Labute approximate surface area is 118 Å². The van der Waals surface area contributed by atoms with Crippen LogP contribution in [-0.2, 0) is 4.79 Å². The lowest BCUT2D eigenvalue weighted by Gasteiger charge is -2.22. The zero-order valence-electron chi connectivity index (χ0n) is 12.0. The summed E-state index contributed by atoms with van der Waals surface area (Å²) >= 11 is 0. The number of halogens is 1. The summed E-state index contributed by atoms with van der Waals surface area (Å²) in [5, 5.41) is 2.61. The Morgan fingerprint density at radius 2 is 2.10 bits per heavy atom. The molecule has 1 aliphatic heterocycles. The van der Waals surface area contributed by atoms with Gasteiger partial charge in [-0.1, -0.05) is 6.07 Å². The lowest BCUT2D eigenvalue weighted by Crippen LogP contribution is -2.40. The standard InChI is InChI=1S/C15H19FN2O2/c1-10-4-5-11(12(16)8-10)13(19)18-7-6-15(2,9-18)14(20)17-3/h4-5,8H,6-7,9H2,1-3H3,(H,17,20). The molecular weight excluding hydrogens is 259 g/mol. The second-order valence-electron chi connectivity index (χ2n) is 5.60. The van der Waals surface area contributed by atoms with E-state index in [9.17, 15) is 14.0 Å². The molecule has 5 heteroatoms. The fourth-order valence-corrected chi connectivity index (χ4v) is 2.59. The SMILES string of the molecule is CNC(=O)C1(C)CCN(C(=O)c2ccc(C)cc2F)C1. The van der Waals surface area contributed by atoms with E-state index < -0.39 is 11.2 Å². The van der Waals surface area contributed by atoms with E-state index in [0.717, 1.165) is 5.56 Å².